The maximum absolute atomic E-state index is 12.4. The van der Waals surface area contributed by atoms with Gasteiger partial charge in [-0.25, -0.2) is 0 Å². The van der Waals surface area contributed by atoms with Crippen LogP contribution in [0.1, 0.15) is 19.8 Å². The Morgan fingerprint density at radius 3 is 2.33 bits per heavy atom. The van der Waals surface area contributed by atoms with Gasteiger partial charge in [0.05, 0.1) is 16.7 Å². The lowest BCUT2D eigenvalue weighted by Crippen LogP contribution is -2.10. The smallest absolute Gasteiger partial charge is 0.339 e. The van der Waals surface area contributed by atoms with Crippen LogP contribution in [0.3, 0.4) is 0 Å². The van der Waals surface area contributed by atoms with Crippen LogP contribution in [0.25, 0.3) is 0 Å². The first-order chi connectivity index (χ1) is 11.3. The summed E-state index contributed by atoms with van der Waals surface area (Å²) in [6.45, 7) is 2.47. The van der Waals surface area contributed by atoms with Crippen LogP contribution in [0.5, 0.6) is 11.5 Å². The Hall–Kier alpha value is -1.14. The van der Waals surface area contributed by atoms with Gasteiger partial charge in [-0.2, -0.15) is 8.42 Å². The molecule has 0 aliphatic carbocycles. The van der Waals surface area contributed by atoms with Crippen LogP contribution in [-0.4, -0.2) is 15.0 Å². The predicted molar refractivity (Wildman–Crippen MR) is 96.1 cm³/mol. The molecule has 24 heavy (non-hydrogen) atoms. The molecular weight excluding hydrogens is 395 g/mol. The number of benzene rings is 2. The van der Waals surface area contributed by atoms with Crippen molar-refractivity contribution in [3.63, 3.8) is 0 Å². The molecule has 4 nitrogen and oxygen atoms in total. The Labute approximate surface area is 156 Å². The summed E-state index contributed by atoms with van der Waals surface area (Å²) in [6, 6.07) is 8.42. The van der Waals surface area contributed by atoms with E-state index in [9.17, 15) is 8.42 Å². The molecule has 8 heteroatoms. The molecule has 2 aromatic carbocycles. The lowest BCUT2D eigenvalue weighted by Gasteiger charge is -2.12. The van der Waals surface area contributed by atoms with E-state index < -0.39 is 10.1 Å². The molecule has 0 saturated carbocycles. The van der Waals surface area contributed by atoms with Crippen molar-refractivity contribution in [2.75, 3.05) is 6.61 Å². The third-order valence-electron chi connectivity index (χ3n) is 3.04. The predicted octanol–water partition coefficient (Wildman–Crippen LogP) is 5.59. The molecule has 0 saturated heterocycles. The maximum Gasteiger partial charge on any atom is 0.339 e. The van der Waals surface area contributed by atoms with E-state index in [4.69, 9.17) is 43.7 Å². The van der Waals surface area contributed by atoms with Crippen LogP contribution in [0.2, 0.25) is 15.1 Å². The Morgan fingerprint density at radius 1 is 0.958 bits per heavy atom. The third-order valence-corrected chi connectivity index (χ3v) is 5.13. The fraction of sp³-hybridized carbons (Fsp3) is 0.250. The zero-order chi connectivity index (χ0) is 17.7. The summed E-state index contributed by atoms with van der Waals surface area (Å²) >= 11 is 17.8. The van der Waals surface area contributed by atoms with Gasteiger partial charge in [-0.1, -0.05) is 48.1 Å². The molecule has 0 bridgehead atoms. The zero-order valence-corrected chi connectivity index (χ0v) is 15.8. The molecule has 0 atom stereocenters. The van der Waals surface area contributed by atoms with E-state index in [-0.39, 0.29) is 21.4 Å². The molecule has 0 spiro atoms. The molecule has 0 heterocycles. The summed E-state index contributed by atoms with van der Waals surface area (Å²) in [5.74, 6) is 0.236. The molecule has 130 valence electrons. The highest BCUT2D eigenvalue weighted by Gasteiger charge is 2.20. The molecule has 0 amide bonds. The topological polar surface area (TPSA) is 52.6 Å². The number of hydrogen-bond acceptors (Lipinski definition) is 4. The number of halogens is 3. The molecule has 0 fully saturated rings. The van der Waals surface area contributed by atoms with Crippen molar-refractivity contribution in [2.24, 2.45) is 0 Å². The van der Waals surface area contributed by atoms with Crippen molar-refractivity contribution >= 4 is 44.9 Å². The second kappa shape index (κ2) is 8.30. The quantitative estimate of drug-likeness (QED) is 0.441. The number of rotatable bonds is 7. The Morgan fingerprint density at radius 2 is 1.62 bits per heavy atom. The van der Waals surface area contributed by atoms with Gasteiger partial charge in [0.25, 0.3) is 0 Å². The highest BCUT2D eigenvalue weighted by atomic mass is 35.5. The summed E-state index contributed by atoms with van der Waals surface area (Å²) in [7, 11) is -4.10. The lowest BCUT2D eigenvalue weighted by atomic mass is 10.3. The minimum atomic E-state index is -4.10. The molecular formula is C16H15Cl3O4S. The normalized spacial score (nSPS) is 11.3. The van der Waals surface area contributed by atoms with Gasteiger partial charge >= 0.3 is 10.1 Å². The van der Waals surface area contributed by atoms with Crippen LogP contribution < -0.4 is 8.92 Å². The van der Waals surface area contributed by atoms with E-state index in [0.717, 1.165) is 12.8 Å². The Balaban J connectivity index is 2.28. The van der Waals surface area contributed by atoms with Crippen LogP contribution in [-0.2, 0) is 10.1 Å². The van der Waals surface area contributed by atoms with Crippen LogP contribution in [0, 0.1) is 0 Å². The number of ether oxygens (including phenoxy) is 1. The highest BCUT2D eigenvalue weighted by molar-refractivity contribution is 7.87. The summed E-state index contributed by atoms with van der Waals surface area (Å²) < 4.78 is 35.5. The Bertz CT molecular complexity index is 822. The van der Waals surface area contributed by atoms with E-state index in [1.54, 1.807) is 0 Å². The molecule has 0 aromatic heterocycles. The molecule has 0 aliphatic rings. The maximum atomic E-state index is 12.4. The van der Waals surface area contributed by atoms with Crippen LogP contribution >= 0.6 is 34.8 Å². The summed E-state index contributed by atoms with van der Waals surface area (Å²) in [5.41, 5.74) is 0. The van der Waals surface area contributed by atoms with Gasteiger partial charge in [-0.3, -0.25) is 0 Å². The molecule has 2 rings (SSSR count). The molecule has 0 N–H and O–H groups in total. The minimum Gasteiger partial charge on any atom is -0.492 e. The first kappa shape index (κ1) is 19.2. The number of unbranched alkanes of at least 4 members (excludes halogenated alkanes) is 1. The fourth-order valence-corrected chi connectivity index (χ4v) is 3.28. The van der Waals surface area contributed by atoms with E-state index >= 15 is 0 Å². The second-order valence-corrected chi connectivity index (χ2v) is 7.70. The Kier molecular flexibility index (Phi) is 6.63. The summed E-state index contributed by atoms with van der Waals surface area (Å²) in [4.78, 5) is -0.0885. The van der Waals surface area contributed by atoms with Crippen molar-refractivity contribution in [3.05, 3.63) is 51.5 Å². The summed E-state index contributed by atoms with van der Waals surface area (Å²) in [6.07, 6.45) is 1.79. The second-order valence-electron chi connectivity index (χ2n) is 4.91. The summed E-state index contributed by atoms with van der Waals surface area (Å²) in [5, 5.41) is 0.770. The van der Waals surface area contributed by atoms with Crippen molar-refractivity contribution in [2.45, 2.75) is 24.7 Å². The molecule has 0 unspecified atom stereocenters. The van der Waals surface area contributed by atoms with E-state index in [2.05, 4.69) is 0 Å². The molecule has 0 radical (unpaired) electrons. The van der Waals surface area contributed by atoms with Crippen LogP contribution in [0.15, 0.2) is 41.3 Å². The van der Waals surface area contributed by atoms with Crippen molar-refractivity contribution < 1.29 is 17.3 Å². The van der Waals surface area contributed by atoms with Gasteiger partial charge in [0, 0.05) is 17.2 Å². The number of hydrogen-bond donors (Lipinski definition) is 0. The molecule has 0 aliphatic heterocycles. The van der Waals surface area contributed by atoms with Gasteiger partial charge in [0.2, 0.25) is 0 Å². The van der Waals surface area contributed by atoms with Crippen molar-refractivity contribution in [1.29, 1.82) is 0 Å². The average molecular weight is 410 g/mol. The van der Waals surface area contributed by atoms with Gasteiger partial charge in [0.15, 0.2) is 5.75 Å². The van der Waals surface area contributed by atoms with Gasteiger partial charge in [-0.15, -0.1) is 0 Å². The monoisotopic (exact) mass is 408 g/mol. The zero-order valence-electron chi connectivity index (χ0n) is 12.8. The van der Waals surface area contributed by atoms with Gasteiger partial charge in [0.1, 0.15) is 10.6 Å². The lowest BCUT2D eigenvalue weighted by molar-refractivity contribution is 0.308. The van der Waals surface area contributed by atoms with Gasteiger partial charge in [-0.05, 0) is 30.7 Å². The van der Waals surface area contributed by atoms with E-state index in [1.165, 1.54) is 36.4 Å². The van der Waals surface area contributed by atoms with Crippen molar-refractivity contribution in [1.82, 2.24) is 0 Å². The third kappa shape index (κ3) is 4.93. The minimum absolute atomic E-state index is 0.0485. The van der Waals surface area contributed by atoms with Crippen LogP contribution in [0.4, 0.5) is 0 Å². The first-order valence-corrected chi connectivity index (χ1v) is 9.69. The van der Waals surface area contributed by atoms with Gasteiger partial charge < -0.3 is 8.92 Å². The van der Waals surface area contributed by atoms with E-state index in [0.29, 0.717) is 16.7 Å². The molecule has 2 aromatic rings. The van der Waals surface area contributed by atoms with E-state index in [1.807, 2.05) is 6.92 Å². The first-order valence-electron chi connectivity index (χ1n) is 7.15. The fourth-order valence-electron chi connectivity index (χ4n) is 1.78. The SMILES string of the molecule is CCCCOc1cc(S(=O)(=O)Oc2cc(Cl)ccc2Cl)ccc1Cl. The standard InChI is InChI=1S/C16H15Cl3O4S/c1-2-3-8-22-15-10-12(5-7-13(15)18)24(20,21)23-16-9-11(17)4-6-14(16)19/h4-7,9-10H,2-3,8H2,1H3. The highest BCUT2D eigenvalue weighted by Crippen LogP contribution is 2.32. The largest absolute Gasteiger partial charge is 0.492 e. The average Bonchev–Trinajstić information content (AvgIpc) is 2.52. The van der Waals surface area contributed by atoms with Crippen molar-refractivity contribution in [3.8, 4) is 11.5 Å².